The molecule has 3 rings (SSSR count). The van der Waals surface area contributed by atoms with Crippen LogP contribution < -0.4 is 4.74 Å². The van der Waals surface area contributed by atoms with Crippen LogP contribution in [0.2, 0.25) is 0 Å². The Morgan fingerprint density at radius 3 is 2.78 bits per heavy atom. The van der Waals surface area contributed by atoms with E-state index in [1.165, 1.54) is 16.7 Å². The fourth-order valence-electron chi connectivity index (χ4n) is 2.86. The Balaban J connectivity index is 1.43. The molecule has 0 amide bonds. The summed E-state index contributed by atoms with van der Waals surface area (Å²) in [4.78, 5) is 0. The highest BCUT2D eigenvalue weighted by atomic mass is 16.5. The minimum atomic E-state index is 0.194. The molecule has 0 saturated heterocycles. The third-order valence-corrected chi connectivity index (χ3v) is 4.17. The van der Waals surface area contributed by atoms with Crippen molar-refractivity contribution in [3.05, 3.63) is 77.4 Å². The van der Waals surface area contributed by atoms with Gasteiger partial charge >= 0.3 is 0 Å². The summed E-state index contributed by atoms with van der Waals surface area (Å²) >= 11 is 0. The van der Waals surface area contributed by atoms with Gasteiger partial charge < -0.3 is 9.47 Å². The van der Waals surface area contributed by atoms with Gasteiger partial charge in [-0.1, -0.05) is 54.1 Å². The zero-order chi connectivity index (χ0) is 15.9. The Labute approximate surface area is 138 Å². The lowest BCUT2D eigenvalue weighted by atomic mass is 10.0. The monoisotopic (exact) mass is 308 g/mol. The second-order valence-electron chi connectivity index (χ2n) is 6.10. The Morgan fingerprint density at radius 1 is 1.13 bits per heavy atom. The number of ether oxygens (including phenoxy) is 2. The molecule has 2 heteroatoms. The van der Waals surface area contributed by atoms with Gasteiger partial charge in [-0.2, -0.15) is 0 Å². The molecule has 0 N–H and O–H groups in total. The summed E-state index contributed by atoms with van der Waals surface area (Å²) in [5.74, 6) is 1.04. The van der Waals surface area contributed by atoms with E-state index in [2.05, 4.69) is 43.3 Å². The van der Waals surface area contributed by atoms with Crippen molar-refractivity contribution >= 4 is 0 Å². The standard InChI is InChI=1S/C21H24O2/c1-17(13-14-22-16-18-7-3-2-4-8-18)15-20-12-11-19-9-5-6-10-21(19)23-20/h2-10,15,20H,11-14,16H2,1H3/b17-15-. The number of para-hydroxylation sites is 1. The molecular formula is C21H24O2. The Hall–Kier alpha value is -2.06. The average Bonchev–Trinajstić information content (AvgIpc) is 2.59. The van der Waals surface area contributed by atoms with E-state index in [-0.39, 0.29) is 6.10 Å². The smallest absolute Gasteiger partial charge is 0.123 e. The number of fused-ring (bicyclic) bond motifs is 1. The van der Waals surface area contributed by atoms with Crippen LogP contribution in [0.25, 0.3) is 0 Å². The quantitative estimate of drug-likeness (QED) is 0.556. The highest BCUT2D eigenvalue weighted by Crippen LogP contribution is 2.28. The Bertz CT molecular complexity index is 646. The molecule has 1 aliphatic rings. The Kier molecular flexibility index (Phi) is 5.49. The van der Waals surface area contributed by atoms with Crippen molar-refractivity contribution in [2.24, 2.45) is 0 Å². The predicted octanol–water partition coefficient (Wildman–Crippen LogP) is 4.93. The van der Waals surface area contributed by atoms with E-state index in [1.54, 1.807) is 0 Å². The molecule has 0 saturated carbocycles. The van der Waals surface area contributed by atoms with Crippen LogP contribution in [-0.2, 0) is 17.8 Å². The zero-order valence-electron chi connectivity index (χ0n) is 13.7. The maximum Gasteiger partial charge on any atom is 0.123 e. The molecule has 23 heavy (non-hydrogen) atoms. The summed E-state index contributed by atoms with van der Waals surface area (Å²) in [6.45, 7) is 3.59. The molecule has 1 aliphatic heterocycles. The minimum Gasteiger partial charge on any atom is -0.486 e. The molecule has 2 nitrogen and oxygen atoms in total. The normalized spacial score (nSPS) is 17.4. The molecule has 0 fully saturated rings. The molecule has 0 radical (unpaired) electrons. The van der Waals surface area contributed by atoms with Crippen molar-refractivity contribution in [1.82, 2.24) is 0 Å². The molecule has 120 valence electrons. The van der Waals surface area contributed by atoms with E-state index >= 15 is 0 Å². The molecule has 0 bridgehead atoms. The van der Waals surface area contributed by atoms with E-state index in [9.17, 15) is 0 Å². The number of hydrogen-bond donors (Lipinski definition) is 0. The first kappa shape index (κ1) is 15.8. The van der Waals surface area contributed by atoms with Crippen LogP contribution in [0, 0.1) is 0 Å². The van der Waals surface area contributed by atoms with Crippen LogP contribution in [0.1, 0.15) is 30.9 Å². The third kappa shape index (κ3) is 4.70. The largest absolute Gasteiger partial charge is 0.486 e. The van der Waals surface area contributed by atoms with Gasteiger partial charge in [0.2, 0.25) is 0 Å². The van der Waals surface area contributed by atoms with E-state index in [4.69, 9.17) is 9.47 Å². The molecule has 1 atom stereocenters. The number of hydrogen-bond acceptors (Lipinski definition) is 2. The van der Waals surface area contributed by atoms with Gasteiger partial charge in [0.1, 0.15) is 11.9 Å². The first-order valence-corrected chi connectivity index (χ1v) is 8.35. The van der Waals surface area contributed by atoms with Crippen LogP contribution in [0.3, 0.4) is 0 Å². The van der Waals surface area contributed by atoms with Crippen molar-refractivity contribution < 1.29 is 9.47 Å². The fraction of sp³-hybridized carbons (Fsp3) is 0.333. The Morgan fingerprint density at radius 2 is 1.91 bits per heavy atom. The number of benzene rings is 2. The molecule has 0 spiro atoms. The lowest BCUT2D eigenvalue weighted by Crippen LogP contribution is -2.20. The second-order valence-corrected chi connectivity index (χ2v) is 6.10. The molecule has 0 aliphatic carbocycles. The molecule has 2 aromatic carbocycles. The van der Waals surface area contributed by atoms with Crippen molar-refractivity contribution in [2.45, 2.75) is 38.9 Å². The van der Waals surface area contributed by atoms with Gasteiger partial charge in [-0.05, 0) is 49.5 Å². The van der Waals surface area contributed by atoms with Crippen molar-refractivity contribution in [2.75, 3.05) is 6.61 Å². The van der Waals surface area contributed by atoms with E-state index in [0.29, 0.717) is 6.61 Å². The predicted molar refractivity (Wildman–Crippen MR) is 93.7 cm³/mol. The first-order chi connectivity index (χ1) is 11.3. The fourth-order valence-corrected chi connectivity index (χ4v) is 2.86. The molecule has 2 aromatic rings. The van der Waals surface area contributed by atoms with Gasteiger partial charge in [0, 0.05) is 0 Å². The van der Waals surface area contributed by atoms with Crippen molar-refractivity contribution in [1.29, 1.82) is 0 Å². The van der Waals surface area contributed by atoms with Gasteiger partial charge in [0.05, 0.1) is 13.2 Å². The van der Waals surface area contributed by atoms with Crippen LogP contribution in [0.5, 0.6) is 5.75 Å². The summed E-state index contributed by atoms with van der Waals surface area (Å²) in [6.07, 6.45) is 5.55. The lowest BCUT2D eigenvalue weighted by Gasteiger charge is -2.24. The van der Waals surface area contributed by atoms with Crippen molar-refractivity contribution in [3.63, 3.8) is 0 Å². The van der Waals surface area contributed by atoms with Gasteiger partial charge in [-0.15, -0.1) is 0 Å². The summed E-state index contributed by atoms with van der Waals surface area (Å²) in [5.41, 5.74) is 3.88. The van der Waals surface area contributed by atoms with E-state index < -0.39 is 0 Å². The number of rotatable bonds is 6. The molecule has 0 aromatic heterocycles. The van der Waals surface area contributed by atoms with Crippen LogP contribution >= 0.6 is 0 Å². The number of aryl methyl sites for hydroxylation is 1. The summed E-state index contributed by atoms with van der Waals surface area (Å²) < 4.78 is 11.8. The summed E-state index contributed by atoms with van der Waals surface area (Å²) in [5, 5.41) is 0. The molecular weight excluding hydrogens is 284 g/mol. The molecule has 1 heterocycles. The van der Waals surface area contributed by atoms with Gasteiger partial charge in [-0.3, -0.25) is 0 Å². The summed E-state index contributed by atoms with van der Waals surface area (Å²) in [7, 11) is 0. The minimum absolute atomic E-state index is 0.194. The maximum absolute atomic E-state index is 6.06. The van der Waals surface area contributed by atoms with Gasteiger partial charge in [0.15, 0.2) is 0 Å². The third-order valence-electron chi connectivity index (χ3n) is 4.17. The first-order valence-electron chi connectivity index (χ1n) is 8.35. The highest BCUT2D eigenvalue weighted by Gasteiger charge is 2.17. The molecule has 1 unspecified atom stereocenters. The SMILES string of the molecule is C/C(=C/C1CCc2ccccc2O1)CCOCc1ccccc1. The van der Waals surface area contributed by atoms with Crippen LogP contribution in [0.15, 0.2) is 66.2 Å². The summed E-state index contributed by atoms with van der Waals surface area (Å²) in [6, 6.07) is 18.6. The maximum atomic E-state index is 6.06. The van der Waals surface area contributed by atoms with Crippen LogP contribution in [0.4, 0.5) is 0 Å². The average molecular weight is 308 g/mol. The van der Waals surface area contributed by atoms with E-state index in [1.807, 2.05) is 24.3 Å². The highest BCUT2D eigenvalue weighted by molar-refractivity contribution is 5.35. The zero-order valence-corrected chi connectivity index (χ0v) is 13.7. The lowest BCUT2D eigenvalue weighted by molar-refractivity contribution is 0.123. The second kappa shape index (κ2) is 7.98. The van der Waals surface area contributed by atoms with Crippen molar-refractivity contribution in [3.8, 4) is 5.75 Å². The van der Waals surface area contributed by atoms with Gasteiger partial charge in [-0.25, -0.2) is 0 Å². The topological polar surface area (TPSA) is 18.5 Å². The van der Waals surface area contributed by atoms with Crippen LogP contribution in [-0.4, -0.2) is 12.7 Å². The van der Waals surface area contributed by atoms with E-state index in [0.717, 1.165) is 31.6 Å². The van der Waals surface area contributed by atoms with Gasteiger partial charge in [0.25, 0.3) is 0 Å².